The minimum atomic E-state index is -0.518. The maximum Gasteiger partial charge on any atom is 0.145 e. The summed E-state index contributed by atoms with van der Waals surface area (Å²) in [7, 11) is 0. The highest BCUT2D eigenvalue weighted by molar-refractivity contribution is 7.80. The number of ether oxygens (including phenoxy) is 1. The van der Waals surface area contributed by atoms with Gasteiger partial charge in [-0.25, -0.2) is 4.39 Å². The van der Waals surface area contributed by atoms with Gasteiger partial charge in [0.25, 0.3) is 0 Å². The largest absolute Gasteiger partial charge is 0.457 e. The van der Waals surface area contributed by atoms with Gasteiger partial charge in [-0.2, -0.15) is 0 Å². The van der Waals surface area contributed by atoms with Crippen molar-refractivity contribution >= 4 is 28.8 Å². The van der Waals surface area contributed by atoms with Gasteiger partial charge in [-0.05, 0) is 42.8 Å². The molecule has 2 rings (SSSR count). The molecular formula is C14H11ClFNOS. The highest BCUT2D eigenvalue weighted by Gasteiger charge is 2.06. The monoisotopic (exact) mass is 295 g/mol. The molecular weight excluding hydrogens is 285 g/mol. The lowest BCUT2D eigenvalue weighted by Gasteiger charge is -2.09. The fourth-order valence-electron chi connectivity index (χ4n) is 1.65. The lowest BCUT2D eigenvalue weighted by Crippen LogP contribution is -2.10. The molecule has 0 aliphatic rings. The van der Waals surface area contributed by atoms with Crippen molar-refractivity contribution < 1.29 is 9.13 Å². The Bertz CT molecular complexity index is 645. The van der Waals surface area contributed by atoms with Gasteiger partial charge >= 0.3 is 0 Å². The molecule has 0 fully saturated rings. The van der Waals surface area contributed by atoms with Crippen LogP contribution in [0.25, 0.3) is 0 Å². The van der Waals surface area contributed by atoms with Crippen LogP contribution in [-0.4, -0.2) is 4.99 Å². The van der Waals surface area contributed by atoms with Gasteiger partial charge in [0.2, 0.25) is 0 Å². The summed E-state index contributed by atoms with van der Waals surface area (Å²) < 4.78 is 18.8. The molecule has 0 unspecified atom stereocenters. The lowest BCUT2D eigenvalue weighted by molar-refractivity contribution is 0.476. The fourth-order valence-corrected chi connectivity index (χ4v) is 2.00. The molecule has 5 heteroatoms. The predicted molar refractivity (Wildman–Crippen MR) is 78.6 cm³/mol. The smallest absolute Gasteiger partial charge is 0.145 e. The van der Waals surface area contributed by atoms with E-state index in [0.717, 1.165) is 11.1 Å². The lowest BCUT2D eigenvalue weighted by atomic mass is 10.1. The molecule has 2 N–H and O–H groups in total. The Morgan fingerprint density at radius 3 is 2.42 bits per heavy atom. The van der Waals surface area contributed by atoms with Crippen LogP contribution in [0.3, 0.4) is 0 Å². The van der Waals surface area contributed by atoms with Crippen molar-refractivity contribution in [2.24, 2.45) is 5.73 Å². The Kier molecular flexibility index (Phi) is 4.02. The second-order valence-electron chi connectivity index (χ2n) is 4.02. The van der Waals surface area contributed by atoms with Gasteiger partial charge in [0.15, 0.2) is 0 Å². The number of benzene rings is 2. The zero-order valence-electron chi connectivity index (χ0n) is 10.1. The first-order valence-corrected chi connectivity index (χ1v) is 6.29. The summed E-state index contributed by atoms with van der Waals surface area (Å²) >= 11 is 10.5. The van der Waals surface area contributed by atoms with Gasteiger partial charge in [-0.1, -0.05) is 23.8 Å². The normalized spacial score (nSPS) is 10.3. The van der Waals surface area contributed by atoms with E-state index in [-0.39, 0.29) is 5.02 Å². The summed E-state index contributed by atoms with van der Waals surface area (Å²) in [6, 6.07) is 9.58. The van der Waals surface area contributed by atoms with E-state index < -0.39 is 5.82 Å². The van der Waals surface area contributed by atoms with E-state index >= 15 is 0 Å². The number of aryl methyl sites for hydroxylation is 1. The molecule has 0 bridgehead atoms. The third kappa shape index (κ3) is 3.22. The third-order valence-electron chi connectivity index (χ3n) is 2.59. The van der Waals surface area contributed by atoms with Gasteiger partial charge in [0.1, 0.15) is 22.3 Å². The summed E-state index contributed by atoms with van der Waals surface area (Å²) in [6.07, 6.45) is 0. The van der Waals surface area contributed by atoms with Crippen LogP contribution < -0.4 is 10.5 Å². The highest BCUT2D eigenvalue weighted by Crippen LogP contribution is 2.26. The average molecular weight is 296 g/mol. The Labute approximate surface area is 120 Å². The second kappa shape index (κ2) is 5.55. The molecule has 2 aromatic carbocycles. The van der Waals surface area contributed by atoms with E-state index in [4.69, 9.17) is 34.3 Å². The zero-order valence-corrected chi connectivity index (χ0v) is 11.7. The Hall–Kier alpha value is -1.65. The molecule has 2 aromatic rings. The van der Waals surface area contributed by atoms with Crippen molar-refractivity contribution in [3.05, 3.63) is 58.4 Å². The number of nitrogens with two attached hydrogens (primary N) is 1. The van der Waals surface area contributed by atoms with Crippen molar-refractivity contribution in [1.29, 1.82) is 0 Å². The first-order valence-electron chi connectivity index (χ1n) is 5.51. The molecule has 98 valence electrons. The summed E-state index contributed by atoms with van der Waals surface area (Å²) in [6.45, 7) is 1.88. The average Bonchev–Trinajstić information content (AvgIpc) is 2.33. The standard InChI is InChI=1S/C14H11ClFNOS/c1-8-6-9(2-4-11(8)14(17)19)18-10-3-5-12(15)13(16)7-10/h2-7H,1H3,(H2,17,19). The Morgan fingerprint density at radius 2 is 1.84 bits per heavy atom. The van der Waals surface area contributed by atoms with Crippen LogP contribution >= 0.6 is 23.8 Å². The van der Waals surface area contributed by atoms with Crippen molar-refractivity contribution in [1.82, 2.24) is 0 Å². The number of hydrogen-bond donors (Lipinski definition) is 1. The quantitative estimate of drug-likeness (QED) is 0.861. The van der Waals surface area contributed by atoms with Crippen LogP contribution in [-0.2, 0) is 0 Å². The van der Waals surface area contributed by atoms with Crippen molar-refractivity contribution in [3.8, 4) is 11.5 Å². The first kappa shape index (κ1) is 13.8. The highest BCUT2D eigenvalue weighted by atomic mass is 35.5. The molecule has 0 aliphatic heterocycles. The van der Waals surface area contributed by atoms with Gasteiger partial charge in [-0.3, -0.25) is 0 Å². The van der Waals surface area contributed by atoms with Crippen molar-refractivity contribution in [2.75, 3.05) is 0 Å². The molecule has 19 heavy (non-hydrogen) atoms. The van der Waals surface area contributed by atoms with Crippen LogP contribution in [0.4, 0.5) is 4.39 Å². The molecule has 0 spiro atoms. The SMILES string of the molecule is Cc1cc(Oc2ccc(Cl)c(F)c2)ccc1C(N)=S. The van der Waals surface area contributed by atoms with Crippen LogP contribution in [0.5, 0.6) is 11.5 Å². The van der Waals surface area contributed by atoms with Gasteiger partial charge < -0.3 is 10.5 Å². The van der Waals surface area contributed by atoms with E-state index in [1.165, 1.54) is 12.1 Å². The van der Waals surface area contributed by atoms with Crippen molar-refractivity contribution in [3.63, 3.8) is 0 Å². The molecule has 0 atom stereocenters. The summed E-state index contributed by atoms with van der Waals surface area (Å²) in [5.74, 6) is 0.444. The molecule has 0 aromatic heterocycles. The molecule has 2 nitrogen and oxygen atoms in total. The first-order chi connectivity index (χ1) is 8.97. The topological polar surface area (TPSA) is 35.2 Å². The van der Waals surface area contributed by atoms with Gasteiger partial charge in [0.05, 0.1) is 5.02 Å². The number of rotatable bonds is 3. The number of thiocarbonyl (C=S) groups is 1. The van der Waals surface area contributed by atoms with E-state index in [0.29, 0.717) is 16.5 Å². The van der Waals surface area contributed by atoms with Crippen LogP contribution in [0, 0.1) is 12.7 Å². The van der Waals surface area contributed by atoms with E-state index in [1.54, 1.807) is 24.3 Å². The molecule has 0 aliphatic carbocycles. The maximum atomic E-state index is 13.3. The molecule has 0 radical (unpaired) electrons. The number of hydrogen-bond acceptors (Lipinski definition) is 2. The summed E-state index contributed by atoms with van der Waals surface area (Å²) in [5.41, 5.74) is 7.28. The van der Waals surface area contributed by atoms with Gasteiger partial charge in [-0.15, -0.1) is 0 Å². The second-order valence-corrected chi connectivity index (χ2v) is 4.87. The zero-order chi connectivity index (χ0) is 14.0. The Morgan fingerprint density at radius 1 is 1.21 bits per heavy atom. The fraction of sp³-hybridized carbons (Fsp3) is 0.0714. The van der Waals surface area contributed by atoms with Gasteiger partial charge in [0, 0.05) is 11.6 Å². The minimum Gasteiger partial charge on any atom is -0.457 e. The van der Waals surface area contributed by atoms with Crippen LogP contribution in [0.1, 0.15) is 11.1 Å². The van der Waals surface area contributed by atoms with E-state index in [1.807, 2.05) is 6.92 Å². The predicted octanol–water partition coefficient (Wildman–Crippen LogP) is 4.21. The molecule has 0 heterocycles. The molecule has 0 amide bonds. The van der Waals surface area contributed by atoms with E-state index in [9.17, 15) is 4.39 Å². The molecule has 0 saturated heterocycles. The molecule has 0 saturated carbocycles. The summed E-state index contributed by atoms with van der Waals surface area (Å²) in [5, 5.41) is 0.0624. The van der Waals surface area contributed by atoms with E-state index in [2.05, 4.69) is 0 Å². The minimum absolute atomic E-state index is 0.0624. The van der Waals surface area contributed by atoms with Crippen LogP contribution in [0.2, 0.25) is 5.02 Å². The Balaban J connectivity index is 2.26. The van der Waals surface area contributed by atoms with Crippen LogP contribution in [0.15, 0.2) is 36.4 Å². The number of halogens is 2. The third-order valence-corrected chi connectivity index (χ3v) is 3.12. The van der Waals surface area contributed by atoms with Crippen molar-refractivity contribution in [2.45, 2.75) is 6.92 Å². The summed E-state index contributed by atoms with van der Waals surface area (Å²) in [4.78, 5) is 0.335. The maximum absolute atomic E-state index is 13.3.